The fourth-order valence-electron chi connectivity index (χ4n) is 3.91. The molecule has 0 unspecified atom stereocenters. The van der Waals surface area contributed by atoms with Gasteiger partial charge < -0.3 is 9.80 Å². The molecular weight excluding hydrogens is 385 g/mol. The van der Waals surface area contributed by atoms with Gasteiger partial charge in [0.2, 0.25) is 5.91 Å². The van der Waals surface area contributed by atoms with Crippen LogP contribution in [-0.4, -0.2) is 44.0 Å². The number of hydrogen-bond acceptors (Lipinski definition) is 3. The minimum absolute atomic E-state index is 0.188. The molecule has 0 aromatic heterocycles. The second-order valence-corrected chi connectivity index (χ2v) is 7.66. The number of amides is 2. The lowest BCUT2D eigenvalue weighted by Crippen LogP contribution is -3.19. The highest BCUT2D eigenvalue weighted by Gasteiger charge is 2.47. The molecule has 1 N–H and O–H groups in total. The quantitative estimate of drug-likeness (QED) is 0.796. The third-order valence-corrected chi connectivity index (χ3v) is 6.15. The standard InChI is InChI=1S/C20H19Cl2N3O2/c21-15-7-4-8-16(19(15)22)25-18(26)13-17(20(25)27)24-11-9-23(10-12-24)14-5-2-1-3-6-14/h1-8,17H,9-13H2/p+1/t17-/m0/s1. The van der Waals surface area contributed by atoms with Crippen molar-refractivity contribution < 1.29 is 14.5 Å². The molecule has 5 nitrogen and oxygen atoms in total. The normalized spacial score (nSPS) is 21.2. The summed E-state index contributed by atoms with van der Waals surface area (Å²) in [5, 5.41) is 0.576. The molecule has 2 fully saturated rings. The number of imide groups is 1. The van der Waals surface area contributed by atoms with Crippen LogP contribution in [0, 0.1) is 0 Å². The van der Waals surface area contributed by atoms with Crippen LogP contribution in [0.1, 0.15) is 6.42 Å². The van der Waals surface area contributed by atoms with Crippen LogP contribution < -0.4 is 14.7 Å². The van der Waals surface area contributed by atoms with Gasteiger partial charge in [-0.2, -0.15) is 0 Å². The van der Waals surface area contributed by atoms with E-state index in [1.165, 1.54) is 10.6 Å². The van der Waals surface area contributed by atoms with Crippen molar-refractivity contribution in [1.29, 1.82) is 0 Å². The topological polar surface area (TPSA) is 45.1 Å². The van der Waals surface area contributed by atoms with E-state index >= 15 is 0 Å². The Labute approximate surface area is 168 Å². The summed E-state index contributed by atoms with van der Waals surface area (Å²) in [6, 6.07) is 14.9. The maximum Gasteiger partial charge on any atom is 0.292 e. The summed E-state index contributed by atoms with van der Waals surface area (Å²) in [5.41, 5.74) is 1.57. The Morgan fingerprint density at radius 2 is 1.63 bits per heavy atom. The summed E-state index contributed by atoms with van der Waals surface area (Å²) in [4.78, 5) is 30.2. The van der Waals surface area contributed by atoms with Gasteiger partial charge in [0.25, 0.3) is 5.91 Å². The van der Waals surface area contributed by atoms with E-state index in [4.69, 9.17) is 23.2 Å². The maximum atomic E-state index is 13.0. The van der Waals surface area contributed by atoms with Crippen LogP contribution in [0.2, 0.25) is 10.0 Å². The molecule has 0 radical (unpaired) electrons. The van der Waals surface area contributed by atoms with E-state index in [-0.39, 0.29) is 29.3 Å². The van der Waals surface area contributed by atoms with E-state index < -0.39 is 0 Å². The maximum absolute atomic E-state index is 13.0. The highest BCUT2D eigenvalue weighted by atomic mass is 35.5. The molecule has 2 aliphatic rings. The molecule has 0 spiro atoms. The second-order valence-electron chi connectivity index (χ2n) is 6.88. The lowest BCUT2D eigenvalue weighted by atomic mass is 10.1. The van der Waals surface area contributed by atoms with Gasteiger partial charge in [0.15, 0.2) is 6.04 Å². The van der Waals surface area contributed by atoms with Crippen molar-refractivity contribution >= 4 is 46.4 Å². The lowest BCUT2D eigenvalue weighted by molar-refractivity contribution is -0.915. The number of para-hydroxylation sites is 1. The average Bonchev–Trinajstić information content (AvgIpc) is 2.99. The SMILES string of the molecule is O=C1C[C@H]([NH+]2CCN(c3ccccc3)CC2)C(=O)N1c1cccc(Cl)c1Cl. The largest absolute Gasteiger partial charge is 0.360 e. The number of hydrogen-bond donors (Lipinski definition) is 1. The molecule has 2 aromatic carbocycles. The predicted molar refractivity (Wildman–Crippen MR) is 107 cm³/mol. The Balaban J connectivity index is 1.48. The van der Waals surface area contributed by atoms with Crippen molar-refractivity contribution in [3.8, 4) is 0 Å². The summed E-state index contributed by atoms with van der Waals surface area (Å²) in [6.07, 6.45) is 0.211. The van der Waals surface area contributed by atoms with Crippen molar-refractivity contribution in [2.45, 2.75) is 12.5 Å². The van der Waals surface area contributed by atoms with Crippen molar-refractivity contribution in [3.05, 3.63) is 58.6 Å². The smallest absolute Gasteiger partial charge is 0.292 e. The number of nitrogens with one attached hydrogen (secondary N) is 1. The van der Waals surface area contributed by atoms with E-state index in [9.17, 15) is 9.59 Å². The van der Waals surface area contributed by atoms with Crippen LogP contribution in [0.25, 0.3) is 0 Å². The molecular formula is C20H20Cl2N3O2+. The first-order chi connectivity index (χ1) is 13.1. The van der Waals surface area contributed by atoms with Gasteiger partial charge in [-0.25, -0.2) is 4.90 Å². The first kappa shape index (κ1) is 18.3. The van der Waals surface area contributed by atoms with Crippen LogP contribution in [0.15, 0.2) is 48.5 Å². The van der Waals surface area contributed by atoms with Crippen LogP contribution >= 0.6 is 23.2 Å². The predicted octanol–water partition coefficient (Wildman–Crippen LogP) is 2.03. The molecule has 2 saturated heterocycles. The summed E-state index contributed by atoms with van der Waals surface area (Å²) >= 11 is 12.3. The van der Waals surface area contributed by atoms with Gasteiger partial charge in [0.05, 0.1) is 48.3 Å². The van der Waals surface area contributed by atoms with Crippen LogP contribution in [0.5, 0.6) is 0 Å². The Bertz CT molecular complexity index is 867. The van der Waals surface area contributed by atoms with Crippen LogP contribution in [-0.2, 0) is 9.59 Å². The van der Waals surface area contributed by atoms with E-state index in [2.05, 4.69) is 17.0 Å². The summed E-state index contributed by atoms with van der Waals surface area (Å²) < 4.78 is 0. The number of carbonyl (C=O) groups excluding carboxylic acids is 2. The molecule has 0 aliphatic carbocycles. The fraction of sp³-hybridized carbons (Fsp3) is 0.300. The summed E-state index contributed by atoms with van der Waals surface area (Å²) in [6.45, 7) is 3.34. The fourth-order valence-corrected chi connectivity index (χ4v) is 4.29. The number of anilines is 2. The van der Waals surface area contributed by atoms with Crippen molar-refractivity contribution in [1.82, 2.24) is 0 Å². The van der Waals surface area contributed by atoms with Crippen molar-refractivity contribution in [3.63, 3.8) is 0 Å². The Hall–Kier alpha value is -2.08. The highest BCUT2D eigenvalue weighted by Crippen LogP contribution is 2.34. The second kappa shape index (κ2) is 7.50. The minimum atomic E-state index is -0.356. The molecule has 27 heavy (non-hydrogen) atoms. The summed E-state index contributed by atoms with van der Waals surface area (Å²) in [5.74, 6) is -0.403. The third kappa shape index (κ3) is 3.43. The first-order valence-electron chi connectivity index (χ1n) is 9.01. The molecule has 2 heterocycles. The number of piperazine rings is 1. The Morgan fingerprint density at radius 1 is 0.926 bits per heavy atom. The average molecular weight is 405 g/mol. The number of rotatable bonds is 3. The first-order valence-corrected chi connectivity index (χ1v) is 9.77. The highest BCUT2D eigenvalue weighted by molar-refractivity contribution is 6.44. The van der Waals surface area contributed by atoms with E-state index in [1.54, 1.807) is 18.2 Å². The number of nitrogens with zero attached hydrogens (tertiary/aromatic N) is 2. The van der Waals surface area contributed by atoms with Gasteiger partial charge in [-0.05, 0) is 24.3 Å². The van der Waals surface area contributed by atoms with Crippen molar-refractivity contribution in [2.75, 3.05) is 36.0 Å². The molecule has 7 heteroatoms. The van der Waals surface area contributed by atoms with Gasteiger partial charge >= 0.3 is 0 Å². The Morgan fingerprint density at radius 3 is 2.33 bits per heavy atom. The van der Waals surface area contributed by atoms with E-state index in [1.807, 2.05) is 18.2 Å². The molecule has 0 bridgehead atoms. The van der Waals surface area contributed by atoms with Gasteiger partial charge in [0, 0.05) is 5.69 Å². The molecule has 4 rings (SSSR count). The van der Waals surface area contributed by atoms with Gasteiger partial charge in [-0.3, -0.25) is 9.59 Å². The number of halogens is 2. The zero-order chi connectivity index (χ0) is 19.0. The number of carbonyl (C=O) groups is 2. The van der Waals surface area contributed by atoms with Gasteiger partial charge in [-0.1, -0.05) is 47.5 Å². The number of quaternary nitrogens is 1. The van der Waals surface area contributed by atoms with Crippen molar-refractivity contribution in [2.24, 2.45) is 0 Å². The van der Waals surface area contributed by atoms with Gasteiger partial charge in [-0.15, -0.1) is 0 Å². The summed E-state index contributed by atoms with van der Waals surface area (Å²) in [7, 11) is 0. The zero-order valence-electron chi connectivity index (χ0n) is 14.7. The lowest BCUT2D eigenvalue weighted by Gasteiger charge is -2.35. The monoisotopic (exact) mass is 404 g/mol. The zero-order valence-corrected chi connectivity index (χ0v) is 16.2. The molecule has 2 amide bonds. The van der Waals surface area contributed by atoms with Crippen LogP contribution in [0.4, 0.5) is 11.4 Å². The number of benzene rings is 2. The molecule has 2 aliphatic heterocycles. The minimum Gasteiger partial charge on any atom is -0.360 e. The third-order valence-electron chi connectivity index (χ3n) is 5.34. The van der Waals surface area contributed by atoms with E-state index in [0.29, 0.717) is 10.7 Å². The molecule has 2 aromatic rings. The molecule has 140 valence electrons. The molecule has 1 atom stereocenters. The Kier molecular flexibility index (Phi) is 5.08. The molecule has 0 saturated carbocycles. The van der Waals surface area contributed by atoms with Crippen LogP contribution in [0.3, 0.4) is 0 Å². The van der Waals surface area contributed by atoms with E-state index in [0.717, 1.165) is 31.1 Å². The van der Waals surface area contributed by atoms with Gasteiger partial charge in [0.1, 0.15) is 0 Å².